The third-order valence-electron chi connectivity index (χ3n) is 2.00. The second kappa shape index (κ2) is 6.69. The SMILES string of the molecule is CCCCCC[C@@H](C)OC(=O)C(F)(F)F. The van der Waals surface area contributed by atoms with Gasteiger partial charge in [0.15, 0.2) is 0 Å². The first-order valence-corrected chi connectivity index (χ1v) is 5.15. The predicted octanol–water partition coefficient (Wildman–Crippen LogP) is 3.45. The highest BCUT2D eigenvalue weighted by atomic mass is 19.4. The molecule has 2 nitrogen and oxygen atoms in total. The van der Waals surface area contributed by atoms with Gasteiger partial charge in [-0.3, -0.25) is 0 Å². The summed E-state index contributed by atoms with van der Waals surface area (Å²) in [5.74, 6) is -2.09. The van der Waals surface area contributed by atoms with Gasteiger partial charge < -0.3 is 4.74 Å². The van der Waals surface area contributed by atoms with E-state index in [0.29, 0.717) is 6.42 Å². The smallest absolute Gasteiger partial charge is 0.456 e. The molecule has 0 saturated heterocycles. The van der Waals surface area contributed by atoms with Crippen molar-refractivity contribution in [3.05, 3.63) is 0 Å². The minimum atomic E-state index is -4.88. The van der Waals surface area contributed by atoms with Gasteiger partial charge in [0.1, 0.15) is 0 Å². The fourth-order valence-corrected chi connectivity index (χ4v) is 1.17. The van der Waals surface area contributed by atoms with Gasteiger partial charge in [0.2, 0.25) is 0 Å². The van der Waals surface area contributed by atoms with E-state index >= 15 is 0 Å². The normalized spacial score (nSPS) is 13.7. The van der Waals surface area contributed by atoms with Crippen LogP contribution in [0.15, 0.2) is 0 Å². The Morgan fingerprint density at radius 1 is 1.27 bits per heavy atom. The van der Waals surface area contributed by atoms with Crippen LogP contribution in [-0.2, 0) is 9.53 Å². The summed E-state index contributed by atoms with van der Waals surface area (Å²) in [6, 6.07) is 0. The molecule has 5 heteroatoms. The molecule has 0 rings (SSSR count). The number of esters is 1. The summed E-state index contributed by atoms with van der Waals surface area (Å²) in [5.41, 5.74) is 0. The van der Waals surface area contributed by atoms with Crippen molar-refractivity contribution in [2.24, 2.45) is 0 Å². The van der Waals surface area contributed by atoms with E-state index in [4.69, 9.17) is 0 Å². The minimum absolute atomic E-state index is 0.488. The molecular formula is C10H17F3O2. The molecule has 0 N–H and O–H groups in total. The van der Waals surface area contributed by atoms with Crippen molar-refractivity contribution >= 4 is 5.97 Å². The van der Waals surface area contributed by atoms with Crippen molar-refractivity contribution in [3.63, 3.8) is 0 Å². The first-order valence-electron chi connectivity index (χ1n) is 5.15. The Kier molecular flexibility index (Phi) is 6.36. The van der Waals surface area contributed by atoms with Crippen LogP contribution in [0.2, 0.25) is 0 Å². The van der Waals surface area contributed by atoms with Gasteiger partial charge in [-0.25, -0.2) is 4.79 Å². The average molecular weight is 226 g/mol. The Bertz CT molecular complexity index is 190. The standard InChI is InChI=1S/C10H17F3O2/c1-3-4-5-6-7-8(2)15-9(14)10(11,12)13/h8H,3-7H2,1-2H3/t8-/m1/s1. The van der Waals surface area contributed by atoms with Crippen molar-refractivity contribution in [3.8, 4) is 0 Å². The van der Waals surface area contributed by atoms with Crippen LogP contribution in [0.3, 0.4) is 0 Å². The molecule has 1 atom stereocenters. The number of halogens is 3. The van der Waals surface area contributed by atoms with Crippen LogP contribution in [0, 0.1) is 0 Å². The van der Waals surface area contributed by atoms with Crippen LogP contribution in [0.25, 0.3) is 0 Å². The lowest BCUT2D eigenvalue weighted by molar-refractivity contribution is -0.204. The van der Waals surface area contributed by atoms with Gasteiger partial charge in [-0.15, -0.1) is 0 Å². The number of unbranched alkanes of at least 4 members (excludes halogenated alkanes) is 3. The second-order valence-corrected chi connectivity index (χ2v) is 3.56. The number of carbonyl (C=O) groups is 1. The zero-order valence-corrected chi connectivity index (χ0v) is 9.06. The molecule has 0 aromatic rings. The lowest BCUT2D eigenvalue weighted by atomic mass is 10.1. The van der Waals surface area contributed by atoms with Crippen LogP contribution < -0.4 is 0 Å². The Morgan fingerprint density at radius 3 is 2.33 bits per heavy atom. The van der Waals surface area contributed by atoms with E-state index in [9.17, 15) is 18.0 Å². The molecule has 0 aliphatic rings. The maximum absolute atomic E-state index is 11.8. The molecule has 0 spiro atoms. The highest BCUT2D eigenvalue weighted by molar-refractivity contribution is 5.75. The monoisotopic (exact) mass is 226 g/mol. The van der Waals surface area contributed by atoms with Gasteiger partial charge in [-0.05, 0) is 19.8 Å². The lowest BCUT2D eigenvalue weighted by Gasteiger charge is -2.14. The van der Waals surface area contributed by atoms with Crippen molar-refractivity contribution in [2.75, 3.05) is 0 Å². The molecule has 0 fully saturated rings. The summed E-state index contributed by atoms with van der Waals surface area (Å²) in [5, 5.41) is 0. The Labute approximate surface area is 87.8 Å². The molecule has 0 aliphatic carbocycles. The number of rotatable bonds is 6. The molecule has 15 heavy (non-hydrogen) atoms. The van der Waals surface area contributed by atoms with Gasteiger partial charge in [-0.2, -0.15) is 13.2 Å². The van der Waals surface area contributed by atoms with E-state index in [0.717, 1.165) is 25.7 Å². The maximum Gasteiger partial charge on any atom is 0.490 e. The molecule has 0 aliphatic heterocycles. The minimum Gasteiger partial charge on any atom is -0.456 e. The summed E-state index contributed by atoms with van der Waals surface area (Å²) in [4.78, 5) is 10.4. The third-order valence-corrected chi connectivity index (χ3v) is 2.00. The average Bonchev–Trinajstić information content (AvgIpc) is 2.11. The molecule has 0 radical (unpaired) electrons. The first-order chi connectivity index (χ1) is 6.88. The third kappa shape index (κ3) is 7.22. The van der Waals surface area contributed by atoms with E-state index < -0.39 is 18.2 Å². The van der Waals surface area contributed by atoms with Gasteiger partial charge >= 0.3 is 12.1 Å². The topological polar surface area (TPSA) is 26.3 Å². The number of hydrogen-bond acceptors (Lipinski definition) is 2. The van der Waals surface area contributed by atoms with Crippen molar-refractivity contribution in [1.29, 1.82) is 0 Å². The van der Waals surface area contributed by atoms with Crippen LogP contribution in [-0.4, -0.2) is 18.2 Å². The Morgan fingerprint density at radius 2 is 1.87 bits per heavy atom. The number of carbonyl (C=O) groups excluding carboxylic acids is 1. The molecule has 0 bridgehead atoms. The first kappa shape index (κ1) is 14.3. The highest BCUT2D eigenvalue weighted by Gasteiger charge is 2.41. The van der Waals surface area contributed by atoms with Gasteiger partial charge in [0.05, 0.1) is 6.10 Å². The van der Waals surface area contributed by atoms with Gasteiger partial charge in [-0.1, -0.05) is 26.2 Å². The molecule has 0 unspecified atom stereocenters. The maximum atomic E-state index is 11.8. The van der Waals surface area contributed by atoms with Crippen molar-refractivity contribution in [1.82, 2.24) is 0 Å². The number of hydrogen-bond donors (Lipinski definition) is 0. The zero-order chi connectivity index (χ0) is 11.9. The Hall–Kier alpha value is -0.740. The summed E-state index contributed by atoms with van der Waals surface area (Å²) in [6.07, 6.45) is -1.17. The van der Waals surface area contributed by atoms with Crippen LogP contribution >= 0.6 is 0 Å². The largest absolute Gasteiger partial charge is 0.490 e. The highest BCUT2D eigenvalue weighted by Crippen LogP contribution is 2.18. The molecule has 0 heterocycles. The second-order valence-electron chi connectivity index (χ2n) is 3.56. The van der Waals surface area contributed by atoms with Crippen LogP contribution in [0.4, 0.5) is 13.2 Å². The number of alkyl halides is 3. The van der Waals surface area contributed by atoms with Gasteiger partial charge in [0, 0.05) is 0 Å². The van der Waals surface area contributed by atoms with Crippen LogP contribution in [0.1, 0.15) is 46.0 Å². The quantitative estimate of drug-likeness (QED) is 0.512. The summed E-state index contributed by atoms with van der Waals surface area (Å²) < 4.78 is 39.6. The zero-order valence-electron chi connectivity index (χ0n) is 9.06. The van der Waals surface area contributed by atoms with Crippen molar-refractivity contribution < 1.29 is 22.7 Å². The summed E-state index contributed by atoms with van der Waals surface area (Å²) in [7, 11) is 0. The molecule has 0 aromatic carbocycles. The number of ether oxygens (including phenoxy) is 1. The van der Waals surface area contributed by atoms with E-state index in [1.807, 2.05) is 6.92 Å². The predicted molar refractivity (Wildman–Crippen MR) is 50.4 cm³/mol. The van der Waals surface area contributed by atoms with Gasteiger partial charge in [0.25, 0.3) is 0 Å². The molecule has 90 valence electrons. The van der Waals surface area contributed by atoms with E-state index in [1.165, 1.54) is 6.92 Å². The molecule has 0 aromatic heterocycles. The summed E-state index contributed by atoms with van der Waals surface area (Å²) >= 11 is 0. The van der Waals surface area contributed by atoms with Crippen LogP contribution in [0.5, 0.6) is 0 Å². The fraction of sp³-hybridized carbons (Fsp3) is 0.900. The molecular weight excluding hydrogens is 209 g/mol. The van der Waals surface area contributed by atoms with E-state index in [1.54, 1.807) is 0 Å². The molecule has 0 amide bonds. The lowest BCUT2D eigenvalue weighted by Crippen LogP contribution is -2.28. The van der Waals surface area contributed by atoms with E-state index in [2.05, 4.69) is 4.74 Å². The van der Waals surface area contributed by atoms with Crippen molar-refractivity contribution in [2.45, 2.75) is 58.2 Å². The fourth-order valence-electron chi connectivity index (χ4n) is 1.17. The summed E-state index contributed by atoms with van der Waals surface area (Å²) in [6.45, 7) is 3.53. The Balaban J connectivity index is 3.65. The van der Waals surface area contributed by atoms with E-state index in [-0.39, 0.29) is 0 Å². The molecule has 0 saturated carbocycles.